The second kappa shape index (κ2) is 9.87. The summed E-state index contributed by atoms with van der Waals surface area (Å²) in [6.07, 6.45) is 6.35. The molecule has 0 bridgehead atoms. The zero-order chi connectivity index (χ0) is 19.8. The number of benzene rings is 1. The molecule has 0 atom stereocenters. The molecule has 4 rings (SSSR count). The minimum Gasteiger partial charge on any atom is -0.288 e. The molecule has 0 saturated carbocycles. The van der Waals surface area contributed by atoms with Gasteiger partial charge in [-0.3, -0.25) is 14.9 Å². The molecule has 3 aromatic rings. The highest BCUT2D eigenvalue weighted by atomic mass is 33.1. The van der Waals surface area contributed by atoms with Crippen LogP contribution in [0.25, 0.3) is 0 Å². The lowest BCUT2D eigenvalue weighted by atomic mass is 10.1. The van der Waals surface area contributed by atoms with Crippen LogP contribution in [0, 0.1) is 0 Å². The maximum Gasteiger partial charge on any atom is 0.258 e. The molecule has 3 heterocycles. The van der Waals surface area contributed by atoms with Crippen LogP contribution in [0.1, 0.15) is 26.3 Å². The van der Waals surface area contributed by atoms with E-state index in [9.17, 15) is 9.59 Å². The SMILES string of the molecule is C=CCc1cccnc1SSc1ccccn1.O=C1NC(=O)c2ccccc21. The lowest BCUT2D eigenvalue weighted by molar-refractivity contribution is 0.0879. The number of fused-ring (bicyclic) bond motifs is 1. The molecule has 1 aromatic carbocycles. The van der Waals surface area contributed by atoms with Crippen LogP contribution in [0.3, 0.4) is 0 Å². The number of rotatable bonds is 5. The molecule has 0 radical (unpaired) electrons. The summed E-state index contributed by atoms with van der Waals surface area (Å²) in [5.41, 5.74) is 2.14. The van der Waals surface area contributed by atoms with Gasteiger partial charge in [0.05, 0.1) is 11.1 Å². The summed E-state index contributed by atoms with van der Waals surface area (Å²) in [6.45, 7) is 3.76. The van der Waals surface area contributed by atoms with Gasteiger partial charge in [0.25, 0.3) is 11.8 Å². The van der Waals surface area contributed by atoms with E-state index in [1.165, 1.54) is 5.56 Å². The lowest BCUT2D eigenvalue weighted by Crippen LogP contribution is -2.19. The molecule has 2 aromatic heterocycles. The Hall–Kier alpha value is -2.90. The van der Waals surface area contributed by atoms with Crippen molar-refractivity contribution in [2.75, 3.05) is 0 Å². The van der Waals surface area contributed by atoms with Crippen molar-refractivity contribution in [3.8, 4) is 0 Å². The Morgan fingerprint density at radius 3 is 2.18 bits per heavy atom. The zero-order valence-electron chi connectivity index (χ0n) is 14.9. The van der Waals surface area contributed by atoms with Crippen LogP contribution in [0.4, 0.5) is 0 Å². The summed E-state index contributed by atoms with van der Waals surface area (Å²) < 4.78 is 0. The normalized spacial score (nSPS) is 11.9. The number of carbonyl (C=O) groups is 2. The third-order valence-corrected chi connectivity index (χ3v) is 5.96. The Kier molecular flexibility index (Phi) is 7.00. The Labute approximate surface area is 171 Å². The topological polar surface area (TPSA) is 72.0 Å². The van der Waals surface area contributed by atoms with E-state index in [0.29, 0.717) is 11.1 Å². The first-order valence-electron chi connectivity index (χ1n) is 8.44. The summed E-state index contributed by atoms with van der Waals surface area (Å²) >= 11 is 0. The van der Waals surface area contributed by atoms with Gasteiger partial charge in [-0.25, -0.2) is 9.97 Å². The molecule has 0 spiro atoms. The molecule has 5 nitrogen and oxygen atoms in total. The third kappa shape index (κ3) is 5.09. The van der Waals surface area contributed by atoms with E-state index in [2.05, 4.69) is 27.9 Å². The molecule has 0 fully saturated rings. The van der Waals surface area contributed by atoms with E-state index in [1.807, 2.05) is 36.5 Å². The molecule has 0 unspecified atom stereocenters. The van der Waals surface area contributed by atoms with Crippen molar-refractivity contribution in [1.82, 2.24) is 15.3 Å². The summed E-state index contributed by atoms with van der Waals surface area (Å²) in [7, 11) is 3.26. The van der Waals surface area contributed by atoms with Crippen LogP contribution in [0.5, 0.6) is 0 Å². The van der Waals surface area contributed by atoms with Gasteiger partial charge >= 0.3 is 0 Å². The van der Waals surface area contributed by atoms with E-state index in [0.717, 1.165) is 16.5 Å². The van der Waals surface area contributed by atoms with Crippen molar-refractivity contribution in [2.24, 2.45) is 0 Å². The third-order valence-electron chi connectivity index (χ3n) is 3.70. The van der Waals surface area contributed by atoms with Crippen LogP contribution in [-0.2, 0) is 6.42 Å². The van der Waals surface area contributed by atoms with E-state index in [1.54, 1.807) is 52.1 Å². The van der Waals surface area contributed by atoms with Gasteiger partial charge in [-0.05, 0) is 63.9 Å². The predicted molar refractivity (Wildman–Crippen MR) is 112 cm³/mol. The highest BCUT2D eigenvalue weighted by Gasteiger charge is 2.25. The lowest BCUT2D eigenvalue weighted by Gasteiger charge is -2.04. The number of aromatic nitrogens is 2. The van der Waals surface area contributed by atoms with Gasteiger partial charge in [0.2, 0.25) is 0 Å². The Bertz CT molecular complexity index is 961. The van der Waals surface area contributed by atoms with Crippen LogP contribution < -0.4 is 5.32 Å². The number of amides is 2. The predicted octanol–water partition coefficient (Wildman–Crippen LogP) is 4.57. The monoisotopic (exact) mass is 407 g/mol. The number of nitrogens with one attached hydrogen (secondary N) is 1. The number of nitrogens with zero attached hydrogens (tertiary/aromatic N) is 2. The number of carbonyl (C=O) groups excluding carboxylic acids is 2. The van der Waals surface area contributed by atoms with Gasteiger partial charge in [0.1, 0.15) is 10.1 Å². The minimum atomic E-state index is -0.300. The highest BCUT2D eigenvalue weighted by molar-refractivity contribution is 8.76. The van der Waals surface area contributed by atoms with Crippen LogP contribution >= 0.6 is 21.6 Å². The van der Waals surface area contributed by atoms with E-state index in [-0.39, 0.29) is 11.8 Å². The minimum absolute atomic E-state index is 0.300. The van der Waals surface area contributed by atoms with Gasteiger partial charge in [-0.15, -0.1) is 6.58 Å². The van der Waals surface area contributed by atoms with Crippen molar-refractivity contribution in [3.63, 3.8) is 0 Å². The largest absolute Gasteiger partial charge is 0.288 e. The summed E-state index contributed by atoms with van der Waals surface area (Å²) in [5.74, 6) is -0.601. The fraction of sp³-hybridized carbons (Fsp3) is 0.0476. The highest BCUT2D eigenvalue weighted by Crippen LogP contribution is 2.36. The molecule has 1 N–H and O–H groups in total. The van der Waals surface area contributed by atoms with E-state index in [4.69, 9.17) is 0 Å². The standard InChI is InChI=1S/C13H12N2S2.C8H5NO2/c1-2-6-11-7-5-10-15-13(11)17-16-12-8-3-4-9-14-12;10-7-5-3-1-2-4-6(5)8(11)9-7/h2-5,7-10H,1,6H2;1-4H,(H,9,10,11). The number of pyridine rings is 2. The van der Waals surface area contributed by atoms with Crippen molar-refractivity contribution >= 4 is 33.4 Å². The van der Waals surface area contributed by atoms with Gasteiger partial charge in [0, 0.05) is 12.4 Å². The van der Waals surface area contributed by atoms with Crippen LogP contribution in [-0.4, -0.2) is 21.8 Å². The van der Waals surface area contributed by atoms with Crippen molar-refractivity contribution in [2.45, 2.75) is 16.5 Å². The number of allylic oxidation sites excluding steroid dienone is 1. The molecule has 7 heteroatoms. The molecular formula is C21H17N3O2S2. The molecular weight excluding hydrogens is 390 g/mol. The molecule has 2 amide bonds. The zero-order valence-corrected chi connectivity index (χ0v) is 16.5. The maximum absolute atomic E-state index is 10.9. The molecule has 28 heavy (non-hydrogen) atoms. The molecule has 0 saturated heterocycles. The van der Waals surface area contributed by atoms with Crippen LogP contribution in [0.15, 0.2) is 89.7 Å². The summed E-state index contributed by atoms with van der Waals surface area (Å²) in [6, 6.07) is 16.7. The molecule has 1 aliphatic heterocycles. The fourth-order valence-corrected chi connectivity index (χ4v) is 4.41. The van der Waals surface area contributed by atoms with Gasteiger partial charge < -0.3 is 0 Å². The second-order valence-electron chi connectivity index (χ2n) is 5.62. The van der Waals surface area contributed by atoms with Crippen LogP contribution in [0.2, 0.25) is 0 Å². The Morgan fingerprint density at radius 2 is 1.54 bits per heavy atom. The Morgan fingerprint density at radius 1 is 0.857 bits per heavy atom. The quantitative estimate of drug-likeness (QED) is 0.379. The Balaban J connectivity index is 0.000000176. The smallest absolute Gasteiger partial charge is 0.258 e. The van der Waals surface area contributed by atoms with Crippen molar-refractivity contribution in [3.05, 3.63) is 96.3 Å². The van der Waals surface area contributed by atoms with Gasteiger partial charge in [-0.2, -0.15) is 0 Å². The summed E-state index contributed by atoms with van der Waals surface area (Å²) in [5, 5.41) is 4.23. The molecule has 140 valence electrons. The van der Waals surface area contributed by atoms with Gasteiger partial charge in [0.15, 0.2) is 0 Å². The number of imide groups is 1. The number of hydrogen-bond donors (Lipinski definition) is 1. The number of hydrogen-bond acceptors (Lipinski definition) is 6. The average molecular weight is 408 g/mol. The van der Waals surface area contributed by atoms with Gasteiger partial charge in [-0.1, -0.05) is 30.3 Å². The molecule has 0 aliphatic carbocycles. The first-order chi connectivity index (χ1) is 13.7. The average Bonchev–Trinajstić information content (AvgIpc) is 3.03. The van der Waals surface area contributed by atoms with Crippen molar-refractivity contribution < 1.29 is 9.59 Å². The fourth-order valence-electron chi connectivity index (χ4n) is 2.41. The maximum atomic E-state index is 10.9. The van der Waals surface area contributed by atoms with E-state index >= 15 is 0 Å². The van der Waals surface area contributed by atoms with E-state index < -0.39 is 0 Å². The van der Waals surface area contributed by atoms with Crippen molar-refractivity contribution in [1.29, 1.82) is 0 Å². The first kappa shape index (κ1) is 19.9. The summed E-state index contributed by atoms with van der Waals surface area (Å²) in [4.78, 5) is 30.5. The first-order valence-corrected chi connectivity index (χ1v) is 10.6. The second-order valence-corrected chi connectivity index (χ2v) is 7.76. The molecule has 1 aliphatic rings.